The summed E-state index contributed by atoms with van der Waals surface area (Å²) in [6.45, 7) is 2.92. The zero-order chi connectivity index (χ0) is 18.5. The van der Waals surface area contributed by atoms with Crippen LogP contribution in [0.25, 0.3) is 11.4 Å². The highest BCUT2D eigenvalue weighted by Gasteiger charge is 2.13. The molecular weight excluding hydrogens is 372 g/mol. The lowest BCUT2D eigenvalue weighted by atomic mass is 10.2. The van der Waals surface area contributed by atoms with Gasteiger partial charge in [-0.15, -0.1) is 0 Å². The first kappa shape index (κ1) is 18.3. The summed E-state index contributed by atoms with van der Waals surface area (Å²) in [7, 11) is 1.57. The number of methoxy groups -OCH3 is 1. The van der Waals surface area contributed by atoms with Crippen LogP contribution in [-0.4, -0.2) is 28.6 Å². The van der Waals surface area contributed by atoms with Gasteiger partial charge in [0.2, 0.25) is 4.77 Å². The average Bonchev–Trinajstić information content (AvgIpc) is 3.01. The van der Waals surface area contributed by atoms with E-state index < -0.39 is 0 Å². The van der Waals surface area contributed by atoms with Crippen molar-refractivity contribution >= 4 is 23.8 Å². The van der Waals surface area contributed by atoms with E-state index in [2.05, 4.69) is 15.6 Å². The summed E-state index contributed by atoms with van der Waals surface area (Å²) >= 11 is 11.6. The van der Waals surface area contributed by atoms with E-state index in [9.17, 15) is 0 Å². The van der Waals surface area contributed by atoms with Gasteiger partial charge in [0.1, 0.15) is 0 Å². The summed E-state index contributed by atoms with van der Waals surface area (Å²) < 4.78 is 13.2. The molecule has 0 saturated carbocycles. The highest BCUT2D eigenvalue weighted by atomic mass is 35.5. The molecule has 136 valence electrons. The SMILES string of the molecule is CCOc1cc(CNn2c(-c3ccccc3)n[nH]c2=S)cc(Cl)c1OC. The zero-order valence-electron chi connectivity index (χ0n) is 14.5. The van der Waals surface area contributed by atoms with E-state index in [1.165, 1.54) is 0 Å². The Morgan fingerprint density at radius 3 is 2.73 bits per heavy atom. The van der Waals surface area contributed by atoms with Gasteiger partial charge < -0.3 is 14.9 Å². The quantitative estimate of drug-likeness (QED) is 0.585. The third-order valence-electron chi connectivity index (χ3n) is 3.72. The maximum Gasteiger partial charge on any atom is 0.214 e. The van der Waals surface area contributed by atoms with Crippen LogP contribution in [0.2, 0.25) is 5.02 Å². The number of rotatable bonds is 7. The second kappa shape index (κ2) is 8.25. The summed E-state index contributed by atoms with van der Waals surface area (Å²) in [5, 5.41) is 7.61. The number of aromatic amines is 1. The van der Waals surface area contributed by atoms with Crippen LogP contribution in [0.15, 0.2) is 42.5 Å². The molecule has 0 bridgehead atoms. The number of halogens is 1. The normalized spacial score (nSPS) is 10.6. The monoisotopic (exact) mass is 390 g/mol. The third-order valence-corrected chi connectivity index (χ3v) is 4.27. The highest BCUT2D eigenvalue weighted by molar-refractivity contribution is 7.71. The minimum Gasteiger partial charge on any atom is -0.491 e. The van der Waals surface area contributed by atoms with Crippen LogP contribution in [-0.2, 0) is 6.54 Å². The Balaban J connectivity index is 1.86. The van der Waals surface area contributed by atoms with Crippen molar-refractivity contribution < 1.29 is 9.47 Å². The van der Waals surface area contributed by atoms with Crippen LogP contribution in [0, 0.1) is 4.77 Å². The minimum absolute atomic E-state index is 0.480. The molecule has 1 heterocycles. The molecule has 2 aromatic carbocycles. The number of benzene rings is 2. The first-order valence-corrected chi connectivity index (χ1v) is 8.88. The lowest BCUT2D eigenvalue weighted by Gasteiger charge is -2.14. The van der Waals surface area contributed by atoms with Gasteiger partial charge in [-0.25, -0.2) is 9.77 Å². The standard InChI is InChI=1S/C18H19ClN4O2S/c1-3-25-15-10-12(9-14(19)16(15)24-2)11-20-23-17(21-22-18(23)26)13-7-5-4-6-8-13/h4-10,20H,3,11H2,1-2H3,(H,22,26). The van der Waals surface area contributed by atoms with Gasteiger partial charge in [0.05, 0.1) is 25.3 Å². The van der Waals surface area contributed by atoms with Gasteiger partial charge in [-0.1, -0.05) is 41.9 Å². The molecule has 26 heavy (non-hydrogen) atoms. The molecule has 0 unspecified atom stereocenters. The van der Waals surface area contributed by atoms with E-state index in [1.807, 2.05) is 49.4 Å². The van der Waals surface area contributed by atoms with Crippen molar-refractivity contribution in [3.63, 3.8) is 0 Å². The molecule has 0 aliphatic rings. The van der Waals surface area contributed by atoms with Gasteiger partial charge in [-0.05, 0) is 36.8 Å². The molecule has 0 radical (unpaired) electrons. The Morgan fingerprint density at radius 2 is 2.04 bits per heavy atom. The number of hydrogen-bond acceptors (Lipinski definition) is 5. The first-order valence-electron chi connectivity index (χ1n) is 8.10. The van der Waals surface area contributed by atoms with E-state index in [1.54, 1.807) is 11.8 Å². The highest BCUT2D eigenvalue weighted by Crippen LogP contribution is 2.36. The fourth-order valence-electron chi connectivity index (χ4n) is 2.58. The van der Waals surface area contributed by atoms with Crippen molar-refractivity contribution in [1.29, 1.82) is 0 Å². The summed E-state index contributed by atoms with van der Waals surface area (Å²) in [6.07, 6.45) is 0. The Hall–Kier alpha value is -2.51. The van der Waals surface area contributed by atoms with E-state index >= 15 is 0 Å². The van der Waals surface area contributed by atoms with Gasteiger partial charge in [0.25, 0.3) is 0 Å². The van der Waals surface area contributed by atoms with E-state index in [4.69, 9.17) is 33.3 Å². The molecule has 3 aromatic rings. The molecule has 0 aliphatic heterocycles. The van der Waals surface area contributed by atoms with E-state index in [-0.39, 0.29) is 0 Å². The largest absolute Gasteiger partial charge is 0.491 e. The second-order valence-corrected chi connectivity index (χ2v) is 6.22. The van der Waals surface area contributed by atoms with Crippen molar-refractivity contribution in [1.82, 2.24) is 14.9 Å². The van der Waals surface area contributed by atoms with Crippen molar-refractivity contribution in [2.75, 3.05) is 19.1 Å². The molecule has 0 saturated heterocycles. The van der Waals surface area contributed by atoms with E-state index in [0.717, 1.165) is 11.1 Å². The summed E-state index contributed by atoms with van der Waals surface area (Å²) in [6, 6.07) is 13.5. The number of aromatic nitrogens is 3. The second-order valence-electron chi connectivity index (χ2n) is 5.43. The first-order chi connectivity index (χ1) is 12.6. The number of hydrogen-bond donors (Lipinski definition) is 2. The van der Waals surface area contributed by atoms with Crippen LogP contribution in [0.1, 0.15) is 12.5 Å². The van der Waals surface area contributed by atoms with Gasteiger partial charge in [-0.3, -0.25) is 0 Å². The molecule has 2 N–H and O–H groups in total. The topological polar surface area (TPSA) is 64.1 Å². The fraction of sp³-hybridized carbons (Fsp3) is 0.222. The van der Waals surface area contributed by atoms with Crippen LogP contribution >= 0.6 is 23.8 Å². The van der Waals surface area contributed by atoms with Crippen molar-refractivity contribution in [2.24, 2.45) is 0 Å². The molecule has 0 atom stereocenters. The Kier molecular flexibility index (Phi) is 5.80. The van der Waals surface area contributed by atoms with Crippen LogP contribution in [0.3, 0.4) is 0 Å². The molecule has 3 rings (SSSR count). The van der Waals surface area contributed by atoms with Gasteiger partial charge >= 0.3 is 0 Å². The maximum atomic E-state index is 6.31. The molecule has 6 nitrogen and oxygen atoms in total. The Bertz CT molecular complexity index is 940. The van der Waals surface area contributed by atoms with Crippen LogP contribution < -0.4 is 14.9 Å². The summed E-state index contributed by atoms with van der Waals surface area (Å²) in [5.74, 6) is 1.85. The lowest BCUT2D eigenvalue weighted by Crippen LogP contribution is -2.16. The molecule has 0 spiro atoms. The number of nitrogens with one attached hydrogen (secondary N) is 2. The summed E-state index contributed by atoms with van der Waals surface area (Å²) in [4.78, 5) is 0. The Morgan fingerprint density at radius 1 is 1.27 bits per heavy atom. The molecular formula is C18H19ClN4O2S. The lowest BCUT2D eigenvalue weighted by molar-refractivity contribution is 0.310. The van der Waals surface area contributed by atoms with Crippen LogP contribution in [0.5, 0.6) is 11.5 Å². The smallest absolute Gasteiger partial charge is 0.214 e. The number of ether oxygens (including phenoxy) is 2. The molecule has 8 heteroatoms. The van der Waals surface area contributed by atoms with Gasteiger partial charge in [0, 0.05) is 5.56 Å². The maximum absolute atomic E-state index is 6.31. The predicted octanol–water partition coefficient (Wildman–Crippen LogP) is 4.41. The van der Waals surface area contributed by atoms with Crippen LogP contribution in [0.4, 0.5) is 0 Å². The predicted molar refractivity (Wildman–Crippen MR) is 105 cm³/mol. The zero-order valence-corrected chi connectivity index (χ0v) is 16.0. The number of nitrogens with zero attached hydrogens (tertiary/aromatic N) is 2. The minimum atomic E-state index is 0.480. The Labute approximate surface area is 161 Å². The summed E-state index contributed by atoms with van der Waals surface area (Å²) in [5.41, 5.74) is 5.16. The van der Waals surface area contributed by atoms with Gasteiger partial charge in [0.15, 0.2) is 17.3 Å². The molecule has 0 aliphatic carbocycles. The van der Waals surface area contributed by atoms with Crippen molar-refractivity contribution in [3.8, 4) is 22.9 Å². The molecule has 0 fully saturated rings. The third kappa shape index (κ3) is 3.84. The van der Waals surface area contributed by atoms with Crippen molar-refractivity contribution in [3.05, 3.63) is 57.8 Å². The molecule has 0 amide bonds. The number of H-pyrrole nitrogens is 1. The van der Waals surface area contributed by atoms with Crippen molar-refractivity contribution in [2.45, 2.75) is 13.5 Å². The average molecular weight is 391 g/mol. The molecule has 1 aromatic heterocycles. The fourth-order valence-corrected chi connectivity index (χ4v) is 3.09. The van der Waals surface area contributed by atoms with E-state index in [0.29, 0.717) is 40.3 Å². The van der Waals surface area contributed by atoms with Gasteiger partial charge in [-0.2, -0.15) is 5.10 Å².